The molecule has 0 bridgehead atoms. The number of nitriles is 1. The maximum atomic E-state index is 9.19. The molecule has 5 nitrogen and oxygen atoms in total. The van der Waals surface area contributed by atoms with Crippen molar-refractivity contribution in [3.8, 4) is 23.1 Å². The predicted octanol–water partition coefficient (Wildman–Crippen LogP) is 2.98. The van der Waals surface area contributed by atoms with Gasteiger partial charge in [0, 0.05) is 18.5 Å². The third-order valence-electron chi connectivity index (χ3n) is 3.47. The minimum atomic E-state index is 0.484. The molecule has 0 unspecified atom stereocenters. The highest BCUT2D eigenvalue weighted by Crippen LogP contribution is 2.30. The van der Waals surface area contributed by atoms with Gasteiger partial charge < -0.3 is 15.0 Å². The van der Waals surface area contributed by atoms with Gasteiger partial charge in [-0.3, -0.25) is 0 Å². The highest BCUT2D eigenvalue weighted by atomic mass is 16.5. The van der Waals surface area contributed by atoms with E-state index in [1.165, 1.54) is 0 Å². The lowest BCUT2D eigenvalue weighted by atomic mass is 10.1. The van der Waals surface area contributed by atoms with Crippen LogP contribution in [0.15, 0.2) is 18.2 Å². The Labute approximate surface area is 125 Å². The van der Waals surface area contributed by atoms with Gasteiger partial charge in [0.1, 0.15) is 29.2 Å². The van der Waals surface area contributed by atoms with E-state index in [1.54, 1.807) is 19.2 Å². The number of nitrogen functional groups attached to an aromatic ring is 1. The van der Waals surface area contributed by atoms with Gasteiger partial charge in [-0.05, 0) is 31.5 Å². The molecule has 2 aromatic rings. The lowest BCUT2D eigenvalue weighted by Crippen LogP contribution is -2.05. The van der Waals surface area contributed by atoms with Crippen molar-refractivity contribution in [2.24, 2.45) is 0 Å². The van der Waals surface area contributed by atoms with Crippen LogP contribution in [0.25, 0.3) is 11.3 Å². The van der Waals surface area contributed by atoms with Crippen LogP contribution in [0.3, 0.4) is 0 Å². The second-order valence-corrected chi connectivity index (χ2v) is 4.78. The summed E-state index contributed by atoms with van der Waals surface area (Å²) >= 11 is 0. The number of ether oxygens (including phenoxy) is 1. The van der Waals surface area contributed by atoms with Crippen LogP contribution in [0.2, 0.25) is 0 Å². The zero-order chi connectivity index (χ0) is 15.4. The van der Waals surface area contributed by atoms with Gasteiger partial charge in [0.15, 0.2) is 0 Å². The largest absolute Gasteiger partial charge is 0.495 e. The molecule has 0 aliphatic carbocycles. The van der Waals surface area contributed by atoms with Crippen LogP contribution in [-0.2, 0) is 13.0 Å². The van der Waals surface area contributed by atoms with E-state index in [0.29, 0.717) is 17.1 Å². The van der Waals surface area contributed by atoms with Crippen LogP contribution in [0, 0.1) is 11.3 Å². The molecule has 0 saturated heterocycles. The average molecular weight is 284 g/mol. The molecule has 110 valence electrons. The van der Waals surface area contributed by atoms with Gasteiger partial charge in [0.05, 0.1) is 12.7 Å². The molecule has 0 atom stereocenters. The van der Waals surface area contributed by atoms with Crippen LogP contribution in [-0.4, -0.2) is 16.7 Å². The highest BCUT2D eigenvalue weighted by Gasteiger charge is 2.16. The van der Waals surface area contributed by atoms with E-state index in [9.17, 15) is 5.26 Å². The van der Waals surface area contributed by atoms with Gasteiger partial charge in [0.25, 0.3) is 0 Å². The van der Waals surface area contributed by atoms with Gasteiger partial charge in [-0.25, -0.2) is 4.98 Å². The first kappa shape index (κ1) is 14.9. The van der Waals surface area contributed by atoms with Crippen LogP contribution >= 0.6 is 0 Å². The van der Waals surface area contributed by atoms with Crippen molar-refractivity contribution < 1.29 is 4.74 Å². The Bertz CT molecular complexity index is 682. The standard InChI is InChI=1S/C16H20N4O/c1-4-6-14-19-15(16(18)20(14)5-2)11-7-8-13(21-3)12(9-11)10-17/h7-9H,4-6,18H2,1-3H3. The number of aromatic nitrogens is 2. The Morgan fingerprint density at radius 1 is 1.38 bits per heavy atom. The summed E-state index contributed by atoms with van der Waals surface area (Å²) in [6, 6.07) is 7.57. The fraction of sp³-hybridized carbons (Fsp3) is 0.375. The molecule has 2 rings (SSSR count). The lowest BCUT2D eigenvalue weighted by Gasteiger charge is -2.06. The summed E-state index contributed by atoms with van der Waals surface area (Å²) in [4.78, 5) is 4.66. The highest BCUT2D eigenvalue weighted by molar-refractivity contribution is 5.73. The summed E-state index contributed by atoms with van der Waals surface area (Å²) in [5.41, 5.74) is 8.29. The quantitative estimate of drug-likeness (QED) is 0.915. The Morgan fingerprint density at radius 3 is 2.71 bits per heavy atom. The third kappa shape index (κ3) is 2.70. The Kier molecular flexibility index (Phi) is 4.49. The molecule has 1 heterocycles. The van der Waals surface area contributed by atoms with Gasteiger partial charge in [-0.2, -0.15) is 5.26 Å². The maximum absolute atomic E-state index is 9.19. The number of rotatable bonds is 5. The van der Waals surface area contributed by atoms with E-state index >= 15 is 0 Å². The van der Waals surface area contributed by atoms with Crippen LogP contribution < -0.4 is 10.5 Å². The molecule has 1 aromatic heterocycles. The molecule has 21 heavy (non-hydrogen) atoms. The van der Waals surface area contributed by atoms with Gasteiger partial charge in [-0.1, -0.05) is 6.92 Å². The number of nitrogens with two attached hydrogens (primary N) is 1. The van der Waals surface area contributed by atoms with Crippen molar-refractivity contribution in [1.29, 1.82) is 5.26 Å². The summed E-state index contributed by atoms with van der Waals surface area (Å²) in [7, 11) is 1.55. The predicted molar refractivity (Wildman–Crippen MR) is 83.0 cm³/mol. The number of methoxy groups -OCH3 is 1. The molecular weight excluding hydrogens is 264 g/mol. The van der Waals surface area contributed by atoms with Crippen LogP contribution in [0.1, 0.15) is 31.7 Å². The number of anilines is 1. The fourth-order valence-corrected chi connectivity index (χ4v) is 2.44. The van der Waals surface area contributed by atoms with E-state index in [0.717, 1.165) is 36.5 Å². The Balaban J connectivity index is 2.54. The van der Waals surface area contributed by atoms with Crippen molar-refractivity contribution in [2.45, 2.75) is 33.2 Å². The van der Waals surface area contributed by atoms with Crippen molar-refractivity contribution >= 4 is 5.82 Å². The first-order chi connectivity index (χ1) is 10.2. The zero-order valence-electron chi connectivity index (χ0n) is 12.7. The van der Waals surface area contributed by atoms with Crippen LogP contribution in [0.5, 0.6) is 5.75 Å². The van der Waals surface area contributed by atoms with Gasteiger partial charge >= 0.3 is 0 Å². The van der Waals surface area contributed by atoms with E-state index in [4.69, 9.17) is 10.5 Å². The number of aryl methyl sites for hydroxylation is 1. The zero-order valence-corrected chi connectivity index (χ0v) is 12.7. The SMILES string of the molecule is CCCc1nc(-c2ccc(OC)c(C#N)c2)c(N)n1CC. The smallest absolute Gasteiger partial charge is 0.136 e. The van der Waals surface area contributed by atoms with E-state index in [-0.39, 0.29) is 0 Å². The first-order valence-corrected chi connectivity index (χ1v) is 7.09. The van der Waals surface area contributed by atoms with E-state index < -0.39 is 0 Å². The summed E-state index contributed by atoms with van der Waals surface area (Å²) in [6.45, 7) is 4.96. The summed E-state index contributed by atoms with van der Waals surface area (Å²) < 4.78 is 7.19. The number of nitrogens with zero attached hydrogens (tertiary/aromatic N) is 3. The lowest BCUT2D eigenvalue weighted by molar-refractivity contribution is 0.413. The summed E-state index contributed by atoms with van der Waals surface area (Å²) in [5, 5.41) is 9.19. The molecular formula is C16H20N4O. The minimum Gasteiger partial charge on any atom is -0.495 e. The molecule has 0 saturated carbocycles. The van der Waals surface area contributed by atoms with Gasteiger partial charge in [0.2, 0.25) is 0 Å². The van der Waals surface area contributed by atoms with E-state index in [1.807, 2.05) is 10.6 Å². The first-order valence-electron chi connectivity index (χ1n) is 7.09. The second kappa shape index (κ2) is 6.31. The van der Waals surface area contributed by atoms with Crippen molar-refractivity contribution in [3.63, 3.8) is 0 Å². The molecule has 1 aromatic carbocycles. The number of benzene rings is 1. The topological polar surface area (TPSA) is 76.9 Å². The molecule has 2 N–H and O–H groups in total. The maximum Gasteiger partial charge on any atom is 0.136 e. The number of hydrogen-bond acceptors (Lipinski definition) is 4. The number of imidazole rings is 1. The Hall–Kier alpha value is -2.48. The van der Waals surface area contributed by atoms with Crippen molar-refractivity contribution in [1.82, 2.24) is 9.55 Å². The molecule has 0 aliphatic rings. The fourth-order valence-electron chi connectivity index (χ4n) is 2.44. The summed E-state index contributed by atoms with van der Waals surface area (Å²) in [6.07, 6.45) is 1.90. The Morgan fingerprint density at radius 2 is 2.14 bits per heavy atom. The molecule has 0 amide bonds. The van der Waals surface area contributed by atoms with Crippen molar-refractivity contribution in [3.05, 3.63) is 29.6 Å². The summed E-state index contributed by atoms with van der Waals surface area (Å²) in [5.74, 6) is 2.19. The average Bonchev–Trinajstić information content (AvgIpc) is 2.82. The van der Waals surface area contributed by atoms with Gasteiger partial charge in [-0.15, -0.1) is 0 Å². The minimum absolute atomic E-state index is 0.484. The third-order valence-corrected chi connectivity index (χ3v) is 3.47. The molecule has 0 radical (unpaired) electrons. The molecule has 5 heteroatoms. The number of hydrogen-bond donors (Lipinski definition) is 1. The van der Waals surface area contributed by atoms with Crippen LogP contribution in [0.4, 0.5) is 5.82 Å². The normalized spacial score (nSPS) is 10.4. The molecule has 0 fully saturated rings. The molecule has 0 aliphatic heterocycles. The molecule has 0 spiro atoms. The monoisotopic (exact) mass is 284 g/mol. The van der Waals surface area contributed by atoms with Crippen molar-refractivity contribution in [2.75, 3.05) is 12.8 Å². The van der Waals surface area contributed by atoms with E-state index in [2.05, 4.69) is 24.9 Å². The second-order valence-electron chi connectivity index (χ2n) is 4.78.